The van der Waals surface area contributed by atoms with Crippen molar-refractivity contribution < 1.29 is 0 Å². The normalized spacial score (nSPS) is 17.6. The molecule has 3 rings (SSSR count). The van der Waals surface area contributed by atoms with Crippen LogP contribution in [-0.2, 0) is 0 Å². The third-order valence-electron chi connectivity index (χ3n) is 5.21. The van der Waals surface area contributed by atoms with Crippen LogP contribution in [0.2, 0.25) is 0 Å². The van der Waals surface area contributed by atoms with E-state index >= 15 is 0 Å². The van der Waals surface area contributed by atoms with Crippen LogP contribution in [0.25, 0.3) is 11.4 Å². The van der Waals surface area contributed by atoms with Crippen LogP contribution in [0.1, 0.15) is 46.5 Å². The van der Waals surface area contributed by atoms with Crippen molar-refractivity contribution in [3.63, 3.8) is 0 Å². The highest BCUT2D eigenvalue weighted by Gasteiger charge is 2.24. The van der Waals surface area contributed by atoms with Crippen LogP contribution in [0.4, 0.5) is 11.6 Å². The molecule has 0 radical (unpaired) electrons. The van der Waals surface area contributed by atoms with E-state index < -0.39 is 0 Å². The Labute approximate surface area is 151 Å². The van der Waals surface area contributed by atoms with Gasteiger partial charge in [0.2, 0.25) is 0 Å². The molecule has 1 fully saturated rings. The van der Waals surface area contributed by atoms with Gasteiger partial charge in [0.1, 0.15) is 11.6 Å². The van der Waals surface area contributed by atoms with Crippen LogP contribution in [0, 0.1) is 0 Å². The molecule has 1 unspecified atom stereocenters. The summed E-state index contributed by atoms with van der Waals surface area (Å²) in [7, 11) is 0. The molecule has 0 N–H and O–H groups in total. The molecule has 1 aliphatic heterocycles. The minimum absolute atomic E-state index is 0.594. The van der Waals surface area contributed by atoms with Crippen molar-refractivity contribution in [1.29, 1.82) is 0 Å². The first-order valence-electron chi connectivity index (χ1n) is 9.72. The second kappa shape index (κ2) is 8.32. The first-order valence-corrected chi connectivity index (χ1v) is 9.72. The maximum absolute atomic E-state index is 4.96. The molecule has 1 saturated heterocycles. The van der Waals surface area contributed by atoms with Gasteiger partial charge in [-0.25, -0.2) is 9.97 Å². The number of benzene rings is 1. The van der Waals surface area contributed by atoms with Crippen molar-refractivity contribution in [2.75, 3.05) is 29.4 Å². The summed E-state index contributed by atoms with van der Waals surface area (Å²) in [5, 5.41) is 0. The van der Waals surface area contributed by atoms with E-state index in [4.69, 9.17) is 9.97 Å². The van der Waals surface area contributed by atoms with Crippen LogP contribution in [-0.4, -0.2) is 35.6 Å². The van der Waals surface area contributed by atoms with Gasteiger partial charge in [-0.05, 0) is 39.5 Å². The summed E-state index contributed by atoms with van der Waals surface area (Å²) in [5.41, 5.74) is 1.09. The van der Waals surface area contributed by atoms with Gasteiger partial charge < -0.3 is 9.80 Å². The Morgan fingerprint density at radius 3 is 2.48 bits per heavy atom. The first kappa shape index (κ1) is 17.7. The van der Waals surface area contributed by atoms with Gasteiger partial charge in [0.15, 0.2) is 5.82 Å². The number of nitrogens with zero attached hydrogens (tertiary/aromatic N) is 4. The van der Waals surface area contributed by atoms with Crippen LogP contribution in [0.15, 0.2) is 36.4 Å². The van der Waals surface area contributed by atoms with Crippen molar-refractivity contribution >= 4 is 11.6 Å². The van der Waals surface area contributed by atoms with Gasteiger partial charge in [-0.1, -0.05) is 37.3 Å². The fraction of sp³-hybridized carbons (Fsp3) is 0.524. The lowest BCUT2D eigenvalue weighted by atomic mass is 10.00. The van der Waals surface area contributed by atoms with Crippen molar-refractivity contribution in [3.8, 4) is 11.4 Å². The predicted molar refractivity (Wildman–Crippen MR) is 106 cm³/mol. The zero-order chi connectivity index (χ0) is 17.6. The minimum atomic E-state index is 0.594. The summed E-state index contributed by atoms with van der Waals surface area (Å²) in [4.78, 5) is 14.7. The molecule has 1 aromatic carbocycles. The Balaban J connectivity index is 2.06. The van der Waals surface area contributed by atoms with E-state index in [1.807, 2.05) is 6.07 Å². The van der Waals surface area contributed by atoms with Gasteiger partial charge in [-0.15, -0.1) is 0 Å². The van der Waals surface area contributed by atoms with Crippen LogP contribution >= 0.6 is 0 Å². The summed E-state index contributed by atoms with van der Waals surface area (Å²) in [5.74, 6) is 2.96. The molecule has 0 spiro atoms. The van der Waals surface area contributed by atoms with E-state index in [1.54, 1.807) is 0 Å². The largest absolute Gasteiger partial charge is 0.357 e. The van der Waals surface area contributed by atoms with Crippen molar-refractivity contribution in [2.24, 2.45) is 0 Å². The van der Waals surface area contributed by atoms with Crippen molar-refractivity contribution in [3.05, 3.63) is 36.4 Å². The van der Waals surface area contributed by atoms with Crippen molar-refractivity contribution in [1.82, 2.24) is 9.97 Å². The molecule has 134 valence electrons. The van der Waals surface area contributed by atoms with Crippen LogP contribution in [0.3, 0.4) is 0 Å². The van der Waals surface area contributed by atoms with Gasteiger partial charge in [0.05, 0.1) is 0 Å². The zero-order valence-corrected chi connectivity index (χ0v) is 15.8. The second-order valence-corrected chi connectivity index (χ2v) is 6.70. The van der Waals surface area contributed by atoms with E-state index in [0.29, 0.717) is 6.04 Å². The van der Waals surface area contributed by atoms with E-state index in [0.717, 1.165) is 42.7 Å². The molecule has 2 heterocycles. The highest BCUT2D eigenvalue weighted by molar-refractivity contribution is 5.62. The smallest absolute Gasteiger partial charge is 0.163 e. The lowest BCUT2D eigenvalue weighted by Gasteiger charge is -2.36. The number of piperidine rings is 1. The zero-order valence-electron chi connectivity index (χ0n) is 15.8. The van der Waals surface area contributed by atoms with Crippen LogP contribution < -0.4 is 9.80 Å². The Morgan fingerprint density at radius 2 is 1.80 bits per heavy atom. The monoisotopic (exact) mass is 338 g/mol. The molecule has 0 amide bonds. The maximum Gasteiger partial charge on any atom is 0.163 e. The molecule has 25 heavy (non-hydrogen) atoms. The van der Waals surface area contributed by atoms with Gasteiger partial charge in [-0.2, -0.15) is 0 Å². The number of hydrogen-bond donors (Lipinski definition) is 0. The van der Waals surface area contributed by atoms with Gasteiger partial charge in [0, 0.05) is 37.3 Å². The lowest BCUT2D eigenvalue weighted by molar-refractivity contribution is 0.447. The quantitative estimate of drug-likeness (QED) is 0.760. The molecule has 0 bridgehead atoms. The summed E-state index contributed by atoms with van der Waals surface area (Å²) in [6.07, 6.45) is 5.02. The molecule has 0 aliphatic carbocycles. The van der Waals surface area contributed by atoms with E-state index in [9.17, 15) is 0 Å². The van der Waals surface area contributed by atoms with Crippen LogP contribution in [0.5, 0.6) is 0 Å². The second-order valence-electron chi connectivity index (χ2n) is 6.70. The first-order chi connectivity index (χ1) is 12.3. The number of anilines is 2. The Hall–Kier alpha value is -2.10. The highest BCUT2D eigenvalue weighted by atomic mass is 15.3. The fourth-order valence-corrected chi connectivity index (χ4v) is 3.72. The molecule has 4 heteroatoms. The molecule has 1 atom stereocenters. The third-order valence-corrected chi connectivity index (χ3v) is 5.21. The molecular formula is C21H30N4. The summed E-state index contributed by atoms with van der Waals surface area (Å²) in [6.45, 7) is 9.66. The fourth-order valence-electron chi connectivity index (χ4n) is 3.72. The SMILES string of the molecule is CCC1CCCCN1c1cc(N(CC)CC)nc(-c2ccccc2)n1. The molecule has 1 aliphatic rings. The topological polar surface area (TPSA) is 32.3 Å². The Bertz CT molecular complexity index is 667. The summed E-state index contributed by atoms with van der Waals surface area (Å²) < 4.78 is 0. The lowest BCUT2D eigenvalue weighted by Crippen LogP contribution is -2.40. The predicted octanol–water partition coefficient (Wildman–Crippen LogP) is 4.76. The van der Waals surface area contributed by atoms with Crippen molar-refractivity contribution in [2.45, 2.75) is 52.5 Å². The average molecular weight is 338 g/mol. The van der Waals surface area contributed by atoms with Gasteiger partial charge in [0.25, 0.3) is 0 Å². The van der Waals surface area contributed by atoms with E-state index in [2.05, 4.69) is 60.9 Å². The Kier molecular flexibility index (Phi) is 5.90. The molecule has 2 aromatic rings. The van der Waals surface area contributed by atoms with Gasteiger partial charge >= 0.3 is 0 Å². The van der Waals surface area contributed by atoms with E-state index in [-0.39, 0.29) is 0 Å². The Morgan fingerprint density at radius 1 is 1.04 bits per heavy atom. The number of aromatic nitrogens is 2. The number of rotatable bonds is 6. The summed E-state index contributed by atoms with van der Waals surface area (Å²) in [6, 6.07) is 13.1. The standard InChI is InChI=1S/C21H30N4/c1-4-18-14-10-11-15-25(18)20-16-19(24(5-2)6-3)22-21(23-20)17-12-8-7-9-13-17/h7-9,12-13,16,18H,4-6,10-11,14-15H2,1-3H3. The molecule has 1 aromatic heterocycles. The highest BCUT2D eigenvalue weighted by Crippen LogP contribution is 2.29. The minimum Gasteiger partial charge on any atom is -0.357 e. The average Bonchev–Trinajstić information content (AvgIpc) is 2.69. The molecule has 4 nitrogen and oxygen atoms in total. The molecular weight excluding hydrogens is 308 g/mol. The van der Waals surface area contributed by atoms with Gasteiger partial charge in [-0.3, -0.25) is 0 Å². The summed E-state index contributed by atoms with van der Waals surface area (Å²) >= 11 is 0. The van der Waals surface area contributed by atoms with E-state index in [1.165, 1.54) is 25.7 Å². The third kappa shape index (κ3) is 3.94. The maximum atomic E-state index is 4.96. The molecule has 0 saturated carbocycles. The number of hydrogen-bond acceptors (Lipinski definition) is 4.